The number of nitrogens with zero attached hydrogens (tertiary/aromatic N) is 2. The van der Waals surface area contributed by atoms with Gasteiger partial charge in [-0.3, -0.25) is 4.98 Å². The zero-order valence-corrected chi connectivity index (χ0v) is 8.65. The zero-order chi connectivity index (χ0) is 10.5. The van der Waals surface area contributed by atoms with Crippen molar-refractivity contribution >= 4 is 5.82 Å². The Morgan fingerprint density at radius 1 is 1.40 bits per heavy atom. The van der Waals surface area contributed by atoms with Gasteiger partial charge < -0.3 is 10.2 Å². The lowest BCUT2D eigenvalue weighted by molar-refractivity contribution is 0.243. The molecule has 1 aromatic heterocycles. The molecule has 0 aromatic carbocycles. The largest absolute Gasteiger partial charge is 0.476 e. The first-order valence-corrected chi connectivity index (χ1v) is 5.30. The maximum atomic E-state index is 5.56. The number of aromatic nitrogens is 2. The fourth-order valence-corrected chi connectivity index (χ4v) is 1.87. The molecule has 1 heterocycles. The maximum Gasteiger partial charge on any atom is 0.234 e. The van der Waals surface area contributed by atoms with Gasteiger partial charge in [-0.15, -0.1) is 0 Å². The van der Waals surface area contributed by atoms with Gasteiger partial charge >= 0.3 is 0 Å². The van der Waals surface area contributed by atoms with E-state index in [1.165, 1.54) is 25.7 Å². The van der Waals surface area contributed by atoms with Crippen LogP contribution < -0.4 is 16.0 Å². The summed E-state index contributed by atoms with van der Waals surface area (Å²) in [5.41, 5.74) is 2.44. The molecule has 0 atom stereocenters. The number of anilines is 1. The Hall–Kier alpha value is -1.36. The molecule has 2 rings (SSSR count). The third kappa shape index (κ3) is 2.79. The van der Waals surface area contributed by atoms with Crippen LogP contribution in [0.2, 0.25) is 0 Å². The van der Waals surface area contributed by atoms with E-state index in [2.05, 4.69) is 15.4 Å². The molecule has 0 spiro atoms. The molecule has 5 nitrogen and oxygen atoms in total. The van der Waals surface area contributed by atoms with E-state index in [1.54, 1.807) is 12.4 Å². The van der Waals surface area contributed by atoms with Crippen molar-refractivity contribution in [1.82, 2.24) is 9.97 Å². The zero-order valence-electron chi connectivity index (χ0n) is 8.65. The molecule has 0 amide bonds. The van der Waals surface area contributed by atoms with E-state index >= 15 is 0 Å². The van der Waals surface area contributed by atoms with E-state index in [1.807, 2.05) is 0 Å². The average Bonchev–Trinajstić information content (AvgIpc) is 2.79. The predicted octanol–water partition coefficient (Wildman–Crippen LogP) is 1.33. The van der Waals surface area contributed by atoms with Crippen molar-refractivity contribution in [3.63, 3.8) is 0 Å². The SMILES string of the molecule is NNc1cncc(OCC2CCCC2)n1. The van der Waals surface area contributed by atoms with E-state index in [0.717, 1.165) is 6.61 Å². The van der Waals surface area contributed by atoms with Gasteiger partial charge in [-0.2, -0.15) is 4.98 Å². The highest BCUT2D eigenvalue weighted by atomic mass is 16.5. The third-order valence-corrected chi connectivity index (χ3v) is 2.70. The molecule has 1 aromatic rings. The van der Waals surface area contributed by atoms with Crippen LogP contribution in [-0.2, 0) is 0 Å². The summed E-state index contributed by atoms with van der Waals surface area (Å²) in [7, 11) is 0. The van der Waals surface area contributed by atoms with Crippen LogP contribution in [0.3, 0.4) is 0 Å². The average molecular weight is 208 g/mol. The number of nitrogen functional groups attached to an aromatic ring is 1. The quantitative estimate of drug-likeness (QED) is 0.577. The molecule has 0 unspecified atom stereocenters. The lowest BCUT2D eigenvalue weighted by Crippen LogP contribution is -2.12. The molecule has 1 aliphatic carbocycles. The molecule has 0 bridgehead atoms. The van der Waals surface area contributed by atoms with Crippen molar-refractivity contribution in [1.29, 1.82) is 0 Å². The molecular formula is C10H16N4O. The molecule has 0 saturated heterocycles. The van der Waals surface area contributed by atoms with Gasteiger partial charge in [0.05, 0.1) is 19.0 Å². The lowest BCUT2D eigenvalue weighted by Gasteiger charge is -2.10. The van der Waals surface area contributed by atoms with E-state index in [-0.39, 0.29) is 0 Å². The minimum atomic E-state index is 0.527. The fourth-order valence-electron chi connectivity index (χ4n) is 1.87. The Kier molecular flexibility index (Phi) is 3.34. The summed E-state index contributed by atoms with van der Waals surface area (Å²) in [5.74, 6) is 6.98. The van der Waals surface area contributed by atoms with Crippen molar-refractivity contribution in [2.45, 2.75) is 25.7 Å². The second-order valence-electron chi connectivity index (χ2n) is 3.85. The summed E-state index contributed by atoms with van der Waals surface area (Å²) in [4.78, 5) is 8.10. The number of hydrogen-bond acceptors (Lipinski definition) is 5. The third-order valence-electron chi connectivity index (χ3n) is 2.70. The first-order chi connectivity index (χ1) is 7.38. The topological polar surface area (TPSA) is 73.1 Å². The number of ether oxygens (including phenoxy) is 1. The number of hydrazine groups is 1. The molecule has 3 N–H and O–H groups in total. The Bertz CT molecular complexity index is 312. The second kappa shape index (κ2) is 4.93. The van der Waals surface area contributed by atoms with Gasteiger partial charge in [0.15, 0.2) is 5.82 Å². The first kappa shape index (κ1) is 10.2. The Morgan fingerprint density at radius 2 is 2.20 bits per heavy atom. The van der Waals surface area contributed by atoms with Crippen LogP contribution in [-0.4, -0.2) is 16.6 Å². The van der Waals surface area contributed by atoms with Gasteiger partial charge in [-0.1, -0.05) is 12.8 Å². The summed E-state index contributed by atoms with van der Waals surface area (Å²) in [5, 5.41) is 0. The van der Waals surface area contributed by atoms with E-state index in [0.29, 0.717) is 17.6 Å². The van der Waals surface area contributed by atoms with Crippen molar-refractivity contribution in [3.8, 4) is 5.88 Å². The number of nitrogens with one attached hydrogen (secondary N) is 1. The van der Waals surface area contributed by atoms with Gasteiger partial charge in [0.25, 0.3) is 0 Å². The van der Waals surface area contributed by atoms with Crippen molar-refractivity contribution in [2.24, 2.45) is 11.8 Å². The summed E-state index contributed by atoms with van der Waals surface area (Å²) in [6.45, 7) is 0.739. The minimum absolute atomic E-state index is 0.527. The maximum absolute atomic E-state index is 5.56. The summed E-state index contributed by atoms with van der Waals surface area (Å²) >= 11 is 0. The van der Waals surface area contributed by atoms with Crippen molar-refractivity contribution in [3.05, 3.63) is 12.4 Å². The molecule has 0 radical (unpaired) electrons. The Morgan fingerprint density at radius 3 is 2.93 bits per heavy atom. The van der Waals surface area contributed by atoms with Gasteiger partial charge in [-0.25, -0.2) is 5.84 Å². The molecule has 15 heavy (non-hydrogen) atoms. The Labute approximate surface area is 89.0 Å². The highest BCUT2D eigenvalue weighted by Crippen LogP contribution is 2.25. The monoisotopic (exact) mass is 208 g/mol. The normalized spacial score (nSPS) is 16.6. The van der Waals surface area contributed by atoms with Crippen LogP contribution >= 0.6 is 0 Å². The van der Waals surface area contributed by atoms with Crippen molar-refractivity contribution < 1.29 is 4.74 Å². The molecule has 0 aliphatic heterocycles. The fraction of sp³-hybridized carbons (Fsp3) is 0.600. The Balaban J connectivity index is 1.86. The first-order valence-electron chi connectivity index (χ1n) is 5.30. The van der Waals surface area contributed by atoms with Gasteiger partial charge in [-0.05, 0) is 18.8 Å². The van der Waals surface area contributed by atoms with E-state index in [9.17, 15) is 0 Å². The van der Waals surface area contributed by atoms with Crippen molar-refractivity contribution in [2.75, 3.05) is 12.0 Å². The summed E-state index contributed by atoms with van der Waals surface area (Å²) < 4.78 is 5.56. The molecular weight excluding hydrogens is 192 g/mol. The van der Waals surface area contributed by atoms with Crippen LogP contribution in [0.15, 0.2) is 12.4 Å². The number of hydrogen-bond donors (Lipinski definition) is 2. The van der Waals surface area contributed by atoms with E-state index in [4.69, 9.17) is 10.6 Å². The summed E-state index contributed by atoms with van der Waals surface area (Å²) in [6, 6.07) is 0. The van der Waals surface area contributed by atoms with Gasteiger partial charge in [0, 0.05) is 0 Å². The highest BCUT2D eigenvalue weighted by molar-refractivity contribution is 5.31. The highest BCUT2D eigenvalue weighted by Gasteiger charge is 2.15. The number of nitrogens with two attached hydrogens (primary N) is 1. The molecule has 1 saturated carbocycles. The molecule has 1 aliphatic rings. The molecule has 1 fully saturated rings. The van der Waals surface area contributed by atoms with Crippen LogP contribution in [0.1, 0.15) is 25.7 Å². The smallest absolute Gasteiger partial charge is 0.234 e. The molecule has 5 heteroatoms. The van der Waals surface area contributed by atoms with Crippen LogP contribution in [0, 0.1) is 5.92 Å². The summed E-state index contributed by atoms with van der Waals surface area (Å²) in [6.07, 6.45) is 8.34. The van der Waals surface area contributed by atoms with Gasteiger partial charge in [0.2, 0.25) is 5.88 Å². The predicted molar refractivity (Wildman–Crippen MR) is 57.3 cm³/mol. The van der Waals surface area contributed by atoms with Gasteiger partial charge in [0.1, 0.15) is 0 Å². The standard InChI is InChI=1S/C10H16N4O/c11-14-9-5-12-6-10(13-9)15-7-8-3-1-2-4-8/h5-6,8H,1-4,7,11H2,(H,13,14). The molecule has 82 valence electrons. The van der Waals surface area contributed by atoms with Crippen LogP contribution in [0.4, 0.5) is 5.82 Å². The minimum Gasteiger partial charge on any atom is -0.476 e. The van der Waals surface area contributed by atoms with Crippen LogP contribution in [0.25, 0.3) is 0 Å². The number of rotatable bonds is 4. The second-order valence-corrected chi connectivity index (χ2v) is 3.85. The van der Waals surface area contributed by atoms with E-state index < -0.39 is 0 Å². The lowest BCUT2D eigenvalue weighted by atomic mass is 10.1. The van der Waals surface area contributed by atoms with Crippen LogP contribution in [0.5, 0.6) is 5.88 Å².